The molecule has 14 heteroatoms. The van der Waals surface area contributed by atoms with E-state index in [1.165, 1.54) is 25.3 Å². The number of hydrogen-bond donors (Lipinski definition) is 3. The molecule has 0 heterocycles. The molecule has 44 heavy (non-hydrogen) atoms. The molecule has 0 saturated heterocycles. The Morgan fingerprint density at radius 3 is 2.34 bits per heavy atom. The second-order valence-corrected chi connectivity index (χ2v) is 10.6. The lowest BCUT2D eigenvalue weighted by atomic mass is 9.86. The summed E-state index contributed by atoms with van der Waals surface area (Å²) in [6.07, 6.45) is -5.61. The molecule has 1 atom stereocenters. The minimum Gasteiger partial charge on any atom is -0.496 e. The number of aliphatic hydroxyl groups excluding tert-OH is 1. The average Bonchev–Trinajstić information content (AvgIpc) is 2.95. The Kier molecular flexibility index (Phi) is 12.1. The standard InChI is InChI=1S/C30H33ClF5N3O5/c1-3-44-29(42)18-7-9-21(10-8-18)38-27(30(34,35)36)22(14-37)28(41)39(15-17-11-19(32)13-20(33)12-17)16-24(40)26-23(31)5-4-6-25(26)43-2/h4-6,11-14,18,21,24,37-38,40H,3,7-10,15-16H2,1-2H3/b27-22+,37-14?/t18-,21-,24?. The van der Waals surface area contributed by atoms with E-state index in [4.69, 9.17) is 26.5 Å². The first-order valence-corrected chi connectivity index (χ1v) is 14.2. The van der Waals surface area contributed by atoms with Crippen molar-refractivity contribution >= 4 is 29.7 Å². The number of nitrogens with zero attached hydrogens (tertiary/aromatic N) is 1. The molecular weight excluding hydrogens is 613 g/mol. The molecule has 1 fully saturated rings. The Hall–Kier alpha value is -3.71. The van der Waals surface area contributed by atoms with Crippen LogP contribution in [-0.2, 0) is 20.9 Å². The highest BCUT2D eigenvalue weighted by molar-refractivity contribution is 6.31. The third-order valence-corrected chi connectivity index (χ3v) is 7.50. The quantitative estimate of drug-likeness (QED) is 0.115. The van der Waals surface area contributed by atoms with E-state index in [0.717, 1.165) is 17.0 Å². The Morgan fingerprint density at radius 1 is 1.16 bits per heavy atom. The van der Waals surface area contributed by atoms with Gasteiger partial charge in [-0.15, -0.1) is 0 Å². The van der Waals surface area contributed by atoms with Crippen molar-refractivity contribution in [2.24, 2.45) is 5.92 Å². The minimum absolute atomic E-state index is 0.0350. The zero-order chi connectivity index (χ0) is 32.6. The number of halogens is 6. The van der Waals surface area contributed by atoms with Crippen LogP contribution in [0.15, 0.2) is 47.7 Å². The van der Waals surface area contributed by atoms with Crippen LogP contribution >= 0.6 is 11.6 Å². The maximum atomic E-state index is 14.4. The number of amides is 1. The van der Waals surface area contributed by atoms with Crippen molar-refractivity contribution in [3.63, 3.8) is 0 Å². The Balaban J connectivity index is 1.99. The number of carbonyl (C=O) groups excluding carboxylic acids is 2. The van der Waals surface area contributed by atoms with E-state index in [1.807, 2.05) is 0 Å². The van der Waals surface area contributed by atoms with Gasteiger partial charge in [-0.2, -0.15) is 13.2 Å². The van der Waals surface area contributed by atoms with Crippen LogP contribution in [0.1, 0.15) is 49.8 Å². The number of allylic oxidation sites excluding steroid dienone is 1. The zero-order valence-corrected chi connectivity index (χ0v) is 24.8. The lowest BCUT2D eigenvalue weighted by Crippen LogP contribution is -2.43. The molecule has 0 spiro atoms. The molecule has 1 aliphatic carbocycles. The predicted octanol–water partition coefficient (Wildman–Crippen LogP) is 5.87. The molecule has 3 rings (SSSR count). The van der Waals surface area contributed by atoms with Crippen LogP contribution in [0.25, 0.3) is 0 Å². The number of benzene rings is 2. The average molecular weight is 646 g/mol. The number of ether oxygens (including phenoxy) is 2. The number of methoxy groups -OCH3 is 1. The van der Waals surface area contributed by atoms with E-state index < -0.39 is 72.1 Å². The van der Waals surface area contributed by atoms with Gasteiger partial charge < -0.3 is 30.2 Å². The Morgan fingerprint density at radius 2 is 1.80 bits per heavy atom. The summed E-state index contributed by atoms with van der Waals surface area (Å²) in [7, 11) is 1.30. The lowest BCUT2D eigenvalue weighted by molar-refractivity contribution is -0.149. The maximum absolute atomic E-state index is 14.4. The number of hydrogen-bond acceptors (Lipinski definition) is 7. The van der Waals surface area contributed by atoms with Gasteiger partial charge in [-0.05, 0) is 62.4 Å². The first-order valence-electron chi connectivity index (χ1n) is 13.8. The predicted molar refractivity (Wildman–Crippen MR) is 152 cm³/mol. The van der Waals surface area contributed by atoms with Gasteiger partial charge in [0.2, 0.25) is 0 Å². The summed E-state index contributed by atoms with van der Waals surface area (Å²) in [4.78, 5) is 26.5. The summed E-state index contributed by atoms with van der Waals surface area (Å²) >= 11 is 6.25. The molecule has 2 aromatic carbocycles. The smallest absolute Gasteiger partial charge is 0.431 e. The summed E-state index contributed by atoms with van der Waals surface area (Å²) in [6, 6.07) is 6.04. The molecule has 1 amide bonds. The number of esters is 1. The van der Waals surface area contributed by atoms with E-state index >= 15 is 0 Å². The summed E-state index contributed by atoms with van der Waals surface area (Å²) in [6.45, 7) is 0.535. The molecule has 0 radical (unpaired) electrons. The molecule has 0 aliphatic heterocycles. The van der Waals surface area contributed by atoms with E-state index in [1.54, 1.807) is 6.92 Å². The van der Waals surface area contributed by atoms with Crippen LogP contribution < -0.4 is 10.1 Å². The number of alkyl halides is 3. The summed E-state index contributed by atoms with van der Waals surface area (Å²) < 4.78 is 81.4. The third-order valence-electron chi connectivity index (χ3n) is 7.17. The Labute approximate surface area is 256 Å². The van der Waals surface area contributed by atoms with Crippen molar-refractivity contribution in [3.05, 3.63) is 75.5 Å². The molecule has 0 bridgehead atoms. The first kappa shape index (κ1) is 34.8. The van der Waals surface area contributed by atoms with Crippen molar-refractivity contribution in [2.75, 3.05) is 20.3 Å². The minimum atomic E-state index is -5.11. The monoisotopic (exact) mass is 645 g/mol. The van der Waals surface area contributed by atoms with Gasteiger partial charge in [0.1, 0.15) is 29.2 Å². The zero-order valence-electron chi connectivity index (χ0n) is 24.0. The molecule has 1 saturated carbocycles. The highest BCUT2D eigenvalue weighted by atomic mass is 35.5. The van der Waals surface area contributed by atoms with Gasteiger partial charge in [-0.3, -0.25) is 9.59 Å². The topological polar surface area (TPSA) is 112 Å². The van der Waals surface area contributed by atoms with E-state index in [2.05, 4.69) is 5.32 Å². The van der Waals surface area contributed by atoms with Crippen molar-refractivity contribution in [3.8, 4) is 5.75 Å². The number of nitrogens with one attached hydrogen (secondary N) is 2. The summed E-state index contributed by atoms with van der Waals surface area (Å²) in [5.74, 6) is -4.06. The number of aliphatic hydroxyl groups is 1. The van der Waals surface area contributed by atoms with E-state index in [0.29, 0.717) is 6.07 Å². The second kappa shape index (κ2) is 15.3. The second-order valence-electron chi connectivity index (χ2n) is 10.2. The SMILES string of the molecule is CCOC(=O)[C@H]1CC[C@H](N/C(=C(\C=N)C(=O)N(Cc2cc(F)cc(F)c2)CC(O)c2c(Cl)cccc2OC)C(F)(F)F)CC1. The first-order chi connectivity index (χ1) is 20.8. The fourth-order valence-corrected chi connectivity index (χ4v) is 5.41. The van der Waals surface area contributed by atoms with Crippen molar-refractivity contribution in [1.82, 2.24) is 10.2 Å². The van der Waals surface area contributed by atoms with E-state index in [9.17, 15) is 36.6 Å². The van der Waals surface area contributed by atoms with Crippen LogP contribution in [0, 0.1) is 23.0 Å². The van der Waals surface area contributed by atoms with Crippen LogP contribution in [0.2, 0.25) is 5.02 Å². The third kappa shape index (κ3) is 8.91. The molecule has 8 nitrogen and oxygen atoms in total. The van der Waals surface area contributed by atoms with Crippen LogP contribution in [0.3, 0.4) is 0 Å². The van der Waals surface area contributed by atoms with Gasteiger partial charge in [-0.1, -0.05) is 17.7 Å². The van der Waals surface area contributed by atoms with Crippen LogP contribution in [0.4, 0.5) is 22.0 Å². The normalized spacial score (nSPS) is 18.1. The van der Waals surface area contributed by atoms with Gasteiger partial charge in [0.05, 0.1) is 36.8 Å². The molecule has 1 aliphatic rings. The molecule has 1 unspecified atom stereocenters. The Bertz CT molecular complexity index is 1360. The maximum Gasteiger partial charge on any atom is 0.431 e. The summed E-state index contributed by atoms with van der Waals surface area (Å²) in [5, 5.41) is 21.3. The van der Waals surface area contributed by atoms with Crippen LogP contribution in [0.5, 0.6) is 5.75 Å². The number of rotatable bonds is 12. The van der Waals surface area contributed by atoms with Gasteiger partial charge in [0, 0.05) is 30.4 Å². The highest BCUT2D eigenvalue weighted by Crippen LogP contribution is 2.34. The molecule has 240 valence electrons. The molecule has 0 aromatic heterocycles. The van der Waals surface area contributed by atoms with E-state index in [-0.39, 0.29) is 60.4 Å². The van der Waals surface area contributed by atoms with Crippen molar-refractivity contribution in [2.45, 2.75) is 57.5 Å². The fourth-order valence-electron chi connectivity index (χ4n) is 5.12. The van der Waals surface area contributed by atoms with Gasteiger partial charge >= 0.3 is 12.1 Å². The highest BCUT2D eigenvalue weighted by Gasteiger charge is 2.41. The van der Waals surface area contributed by atoms with Gasteiger partial charge in [-0.25, -0.2) is 8.78 Å². The lowest BCUT2D eigenvalue weighted by Gasteiger charge is -2.31. The van der Waals surface area contributed by atoms with Crippen molar-refractivity contribution in [1.29, 1.82) is 5.41 Å². The molecular formula is C30H33ClF5N3O5. The van der Waals surface area contributed by atoms with Gasteiger partial charge in [0.15, 0.2) is 0 Å². The number of carbonyl (C=O) groups is 2. The molecule has 2 aromatic rings. The molecule has 3 N–H and O–H groups in total. The largest absolute Gasteiger partial charge is 0.496 e. The van der Waals surface area contributed by atoms with Gasteiger partial charge in [0.25, 0.3) is 5.91 Å². The summed E-state index contributed by atoms with van der Waals surface area (Å²) in [5.41, 5.74) is -2.65. The fraction of sp³-hybridized carbons (Fsp3) is 0.433. The van der Waals surface area contributed by atoms with Crippen LogP contribution in [-0.4, -0.2) is 60.6 Å². The van der Waals surface area contributed by atoms with Crippen molar-refractivity contribution < 1.29 is 46.1 Å².